The average molecular weight is 263 g/mol. The Morgan fingerprint density at radius 3 is 2.72 bits per heavy atom. The lowest BCUT2D eigenvalue weighted by atomic mass is 10.0. The molecule has 0 saturated heterocycles. The van der Waals surface area contributed by atoms with Crippen LogP contribution in [0.15, 0.2) is 34.7 Å². The number of aliphatic hydroxyl groups is 1. The summed E-state index contributed by atoms with van der Waals surface area (Å²) < 4.78 is 5.67. The minimum Gasteiger partial charge on any atom is -0.508 e. The summed E-state index contributed by atoms with van der Waals surface area (Å²) in [5, 5.41) is 21.2. The molecule has 3 aromatic rings. The lowest BCUT2D eigenvalue weighted by Crippen LogP contribution is -1.91. The summed E-state index contributed by atoms with van der Waals surface area (Å²) in [6.07, 6.45) is 0.474. The first-order valence-corrected chi connectivity index (χ1v) is 6.01. The van der Waals surface area contributed by atoms with Crippen molar-refractivity contribution >= 4 is 33.5 Å². The summed E-state index contributed by atoms with van der Waals surface area (Å²) >= 11 is 5.93. The second-order valence-electron chi connectivity index (χ2n) is 4.19. The number of fused-ring (bicyclic) bond motifs is 3. The van der Waals surface area contributed by atoms with E-state index in [0.29, 0.717) is 22.6 Å². The quantitative estimate of drug-likeness (QED) is 0.743. The fourth-order valence-electron chi connectivity index (χ4n) is 2.27. The number of furan rings is 1. The van der Waals surface area contributed by atoms with Gasteiger partial charge in [-0.05, 0) is 30.2 Å². The van der Waals surface area contributed by atoms with Crippen LogP contribution in [-0.4, -0.2) is 16.8 Å². The number of phenolic OH excluding ortho intramolecular Hbond substituents is 1. The van der Waals surface area contributed by atoms with Crippen molar-refractivity contribution in [2.75, 3.05) is 6.61 Å². The first-order valence-electron chi connectivity index (χ1n) is 5.63. The van der Waals surface area contributed by atoms with Gasteiger partial charge < -0.3 is 14.6 Å². The van der Waals surface area contributed by atoms with Crippen molar-refractivity contribution < 1.29 is 14.6 Å². The van der Waals surface area contributed by atoms with Crippen LogP contribution in [0.1, 0.15) is 5.56 Å². The predicted molar refractivity (Wildman–Crippen MR) is 71.2 cm³/mol. The highest BCUT2D eigenvalue weighted by molar-refractivity contribution is 6.31. The standard InChI is InChI=1S/C14H11ClO3/c15-9-1-2-11-12(6-9)18-13-7-10(17)5-8(3-4-16)14(11)13/h1-2,5-7,16-17H,3-4H2. The van der Waals surface area contributed by atoms with Crippen molar-refractivity contribution in [2.24, 2.45) is 0 Å². The van der Waals surface area contributed by atoms with Gasteiger partial charge in [-0.15, -0.1) is 0 Å². The summed E-state index contributed by atoms with van der Waals surface area (Å²) in [7, 11) is 0. The molecule has 0 aliphatic rings. The Bertz CT molecular complexity index is 731. The molecule has 3 rings (SSSR count). The van der Waals surface area contributed by atoms with Crippen LogP contribution in [0.4, 0.5) is 0 Å². The topological polar surface area (TPSA) is 53.6 Å². The number of hydrogen-bond acceptors (Lipinski definition) is 3. The van der Waals surface area contributed by atoms with Crippen LogP contribution >= 0.6 is 11.6 Å². The fraction of sp³-hybridized carbons (Fsp3) is 0.143. The second kappa shape index (κ2) is 4.19. The van der Waals surface area contributed by atoms with E-state index in [-0.39, 0.29) is 12.4 Å². The zero-order valence-corrected chi connectivity index (χ0v) is 10.2. The van der Waals surface area contributed by atoms with Gasteiger partial charge in [-0.3, -0.25) is 0 Å². The van der Waals surface area contributed by atoms with E-state index in [1.165, 1.54) is 0 Å². The second-order valence-corrected chi connectivity index (χ2v) is 4.63. The lowest BCUT2D eigenvalue weighted by Gasteiger charge is -2.02. The van der Waals surface area contributed by atoms with Crippen molar-refractivity contribution in [1.82, 2.24) is 0 Å². The van der Waals surface area contributed by atoms with Gasteiger partial charge in [0.2, 0.25) is 0 Å². The van der Waals surface area contributed by atoms with Crippen molar-refractivity contribution in [3.8, 4) is 5.75 Å². The van der Waals surface area contributed by atoms with E-state index in [1.54, 1.807) is 24.3 Å². The maximum atomic E-state index is 9.65. The molecule has 0 bridgehead atoms. The largest absolute Gasteiger partial charge is 0.508 e. The first kappa shape index (κ1) is 11.4. The Morgan fingerprint density at radius 2 is 1.94 bits per heavy atom. The number of rotatable bonds is 2. The predicted octanol–water partition coefficient (Wildman–Crippen LogP) is 3.48. The van der Waals surface area contributed by atoms with Gasteiger partial charge in [0.15, 0.2) is 0 Å². The summed E-state index contributed by atoms with van der Waals surface area (Å²) in [5.41, 5.74) is 2.16. The molecule has 18 heavy (non-hydrogen) atoms. The molecule has 0 spiro atoms. The van der Waals surface area contributed by atoms with Crippen LogP contribution in [0.2, 0.25) is 5.02 Å². The summed E-state index contributed by atoms with van der Waals surface area (Å²) in [5.74, 6) is 0.135. The highest BCUT2D eigenvalue weighted by Crippen LogP contribution is 2.35. The average Bonchev–Trinajstić information content (AvgIpc) is 2.65. The molecule has 1 heterocycles. The van der Waals surface area contributed by atoms with E-state index in [4.69, 9.17) is 21.1 Å². The molecule has 92 valence electrons. The maximum absolute atomic E-state index is 9.65. The summed E-state index contributed by atoms with van der Waals surface area (Å²) in [4.78, 5) is 0. The lowest BCUT2D eigenvalue weighted by molar-refractivity contribution is 0.300. The highest BCUT2D eigenvalue weighted by Gasteiger charge is 2.12. The van der Waals surface area contributed by atoms with Crippen LogP contribution in [0.3, 0.4) is 0 Å². The number of aliphatic hydroxyl groups excluding tert-OH is 1. The molecule has 0 fully saturated rings. The van der Waals surface area contributed by atoms with E-state index in [1.807, 2.05) is 6.07 Å². The number of phenols is 1. The zero-order valence-electron chi connectivity index (χ0n) is 9.48. The molecular weight excluding hydrogens is 252 g/mol. The molecule has 2 N–H and O–H groups in total. The minimum atomic E-state index is 0.0266. The van der Waals surface area contributed by atoms with Gasteiger partial charge in [0.1, 0.15) is 16.9 Å². The molecule has 0 radical (unpaired) electrons. The minimum absolute atomic E-state index is 0.0266. The normalized spacial score (nSPS) is 11.4. The van der Waals surface area contributed by atoms with Crippen molar-refractivity contribution in [1.29, 1.82) is 0 Å². The molecule has 0 aliphatic heterocycles. The van der Waals surface area contributed by atoms with E-state index < -0.39 is 0 Å². The molecule has 0 saturated carbocycles. The van der Waals surface area contributed by atoms with Crippen LogP contribution in [0.5, 0.6) is 5.75 Å². The summed E-state index contributed by atoms with van der Waals surface area (Å²) in [6.45, 7) is 0.0266. The number of benzene rings is 2. The number of halogens is 1. The molecule has 4 heteroatoms. The van der Waals surface area contributed by atoms with Crippen LogP contribution in [0.25, 0.3) is 21.9 Å². The van der Waals surface area contributed by atoms with Crippen molar-refractivity contribution in [3.05, 3.63) is 40.9 Å². The Balaban J connectivity index is 2.42. The van der Waals surface area contributed by atoms with Gasteiger partial charge in [-0.1, -0.05) is 11.6 Å². The molecule has 3 nitrogen and oxygen atoms in total. The van der Waals surface area contributed by atoms with Crippen LogP contribution in [-0.2, 0) is 6.42 Å². The molecular formula is C14H11ClO3. The first-order chi connectivity index (χ1) is 8.69. The molecule has 1 aromatic heterocycles. The molecule has 0 amide bonds. The molecule has 0 unspecified atom stereocenters. The van der Waals surface area contributed by atoms with Gasteiger partial charge in [0, 0.05) is 34.5 Å². The summed E-state index contributed by atoms with van der Waals surface area (Å²) in [6, 6.07) is 8.67. The molecule has 0 atom stereocenters. The van der Waals surface area contributed by atoms with Crippen molar-refractivity contribution in [3.63, 3.8) is 0 Å². The fourth-order valence-corrected chi connectivity index (χ4v) is 2.43. The smallest absolute Gasteiger partial charge is 0.139 e. The molecule has 0 aliphatic carbocycles. The Kier molecular flexibility index (Phi) is 2.65. The third kappa shape index (κ3) is 1.72. The number of hydrogen-bond donors (Lipinski definition) is 2. The number of aromatic hydroxyl groups is 1. The van der Waals surface area contributed by atoms with E-state index in [9.17, 15) is 5.11 Å². The van der Waals surface area contributed by atoms with Crippen LogP contribution < -0.4 is 0 Å². The van der Waals surface area contributed by atoms with E-state index in [2.05, 4.69) is 0 Å². The monoisotopic (exact) mass is 262 g/mol. The van der Waals surface area contributed by atoms with Crippen molar-refractivity contribution in [2.45, 2.75) is 6.42 Å². The third-order valence-electron chi connectivity index (χ3n) is 2.98. The Labute approximate surface area is 108 Å². The van der Waals surface area contributed by atoms with E-state index >= 15 is 0 Å². The van der Waals surface area contributed by atoms with Crippen LogP contribution in [0, 0.1) is 0 Å². The van der Waals surface area contributed by atoms with Gasteiger partial charge in [-0.2, -0.15) is 0 Å². The van der Waals surface area contributed by atoms with Gasteiger partial charge in [0.05, 0.1) is 0 Å². The van der Waals surface area contributed by atoms with Gasteiger partial charge >= 0.3 is 0 Å². The third-order valence-corrected chi connectivity index (χ3v) is 3.22. The maximum Gasteiger partial charge on any atom is 0.139 e. The SMILES string of the molecule is OCCc1cc(O)cc2oc3cc(Cl)ccc3c12. The Hall–Kier alpha value is -1.71. The van der Waals surface area contributed by atoms with Gasteiger partial charge in [-0.25, -0.2) is 0 Å². The highest BCUT2D eigenvalue weighted by atomic mass is 35.5. The van der Waals surface area contributed by atoms with Gasteiger partial charge in [0.25, 0.3) is 0 Å². The molecule has 2 aromatic carbocycles. The van der Waals surface area contributed by atoms with E-state index in [0.717, 1.165) is 16.3 Å². The Morgan fingerprint density at radius 1 is 1.11 bits per heavy atom. The zero-order chi connectivity index (χ0) is 12.7.